The van der Waals surface area contributed by atoms with Crippen molar-refractivity contribution in [3.05, 3.63) is 23.4 Å². The Kier molecular flexibility index (Phi) is 8.72. The van der Waals surface area contributed by atoms with Crippen molar-refractivity contribution in [2.75, 3.05) is 31.2 Å². The van der Waals surface area contributed by atoms with Crippen molar-refractivity contribution in [3.63, 3.8) is 0 Å². The van der Waals surface area contributed by atoms with Gasteiger partial charge in [0.25, 0.3) is 0 Å². The number of ether oxygens (including phenoxy) is 2. The number of halogens is 3. The Labute approximate surface area is 182 Å². The van der Waals surface area contributed by atoms with Crippen molar-refractivity contribution >= 4 is 12.1 Å². The van der Waals surface area contributed by atoms with Crippen molar-refractivity contribution in [1.29, 1.82) is 0 Å². The molecule has 2 aliphatic rings. The van der Waals surface area contributed by atoms with Crippen LogP contribution < -0.4 is 4.90 Å². The zero-order valence-electron chi connectivity index (χ0n) is 18.2. The van der Waals surface area contributed by atoms with Crippen LogP contribution in [0, 0.1) is 11.8 Å². The molecule has 3 rings (SSSR count). The predicted octanol–water partition coefficient (Wildman–Crippen LogP) is 5.48. The number of carbonyl (C=O) groups excluding carboxylic acids is 1. The van der Waals surface area contributed by atoms with Crippen LogP contribution in [0.1, 0.15) is 74.2 Å². The lowest BCUT2D eigenvalue weighted by molar-refractivity contribution is -0.164. The van der Waals surface area contributed by atoms with Gasteiger partial charge in [0.1, 0.15) is 5.82 Å². The summed E-state index contributed by atoms with van der Waals surface area (Å²) in [4.78, 5) is 17.3. The van der Waals surface area contributed by atoms with Gasteiger partial charge in [-0.25, -0.2) is 4.98 Å². The molecule has 1 aliphatic heterocycles. The smallest absolute Gasteiger partial charge is 0.356 e. The molecule has 1 aromatic heterocycles. The Hall–Kier alpha value is -1.67. The summed E-state index contributed by atoms with van der Waals surface area (Å²) in [6, 6.07) is 0.894. The van der Waals surface area contributed by atoms with Crippen LogP contribution in [0.4, 0.5) is 19.0 Å². The van der Waals surface area contributed by atoms with Gasteiger partial charge in [-0.15, -0.1) is 0 Å². The molecule has 31 heavy (non-hydrogen) atoms. The number of hydrogen-bond donors (Lipinski definition) is 0. The molecular weight excluding hydrogens is 409 g/mol. The van der Waals surface area contributed by atoms with Gasteiger partial charge in [-0.3, -0.25) is 4.79 Å². The van der Waals surface area contributed by atoms with E-state index in [1.807, 2.05) is 11.8 Å². The molecule has 0 radical (unpaired) electrons. The van der Waals surface area contributed by atoms with Crippen LogP contribution in [0.3, 0.4) is 0 Å². The summed E-state index contributed by atoms with van der Waals surface area (Å²) >= 11 is 0. The lowest BCUT2D eigenvalue weighted by atomic mass is 9.80. The fourth-order valence-corrected chi connectivity index (χ4v) is 4.57. The summed E-state index contributed by atoms with van der Waals surface area (Å²) in [7, 11) is 0. The number of alkyl halides is 3. The highest BCUT2D eigenvalue weighted by molar-refractivity contribution is 5.83. The fourth-order valence-electron chi connectivity index (χ4n) is 4.57. The molecule has 174 valence electrons. The normalized spacial score (nSPS) is 24.7. The first kappa shape index (κ1) is 24.0. The van der Waals surface area contributed by atoms with Crippen LogP contribution in [0.15, 0.2) is 12.3 Å². The van der Waals surface area contributed by atoms with E-state index in [-0.39, 0.29) is 11.9 Å². The largest absolute Gasteiger partial charge is 0.417 e. The molecule has 1 aliphatic carbocycles. The van der Waals surface area contributed by atoms with Gasteiger partial charge in [-0.2, -0.15) is 13.2 Å². The third-order valence-corrected chi connectivity index (χ3v) is 6.44. The number of rotatable bonds is 9. The number of pyridine rings is 1. The van der Waals surface area contributed by atoms with Crippen molar-refractivity contribution in [3.8, 4) is 0 Å². The van der Waals surface area contributed by atoms with Crippen LogP contribution in [0.25, 0.3) is 0 Å². The molecule has 5 nitrogen and oxygen atoms in total. The molecule has 0 amide bonds. The Bertz CT molecular complexity index is 700. The van der Waals surface area contributed by atoms with Gasteiger partial charge >= 0.3 is 6.18 Å². The summed E-state index contributed by atoms with van der Waals surface area (Å²) in [5.41, 5.74) is -0.900. The van der Waals surface area contributed by atoms with E-state index < -0.39 is 11.7 Å². The molecule has 1 unspecified atom stereocenters. The summed E-state index contributed by atoms with van der Waals surface area (Å²) < 4.78 is 50.3. The van der Waals surface area contributed by atoms with Crippen molar-refractivity contribution in [1.82, 2.24) is 4.98 Å². The van der Waals surface area contributed by atoms with E-state index in [1.165, 1.54) is 6.42 Å². The summed E-state index contributed by atoms with van der Waals surface area (Å²) in [5, 5.41) is 0. The van der Waals surface area contributed by atoms with Gasteiger partial charge < -0.3 is 14.4 Å². The molecule has 8 heteroatoms. The SMILES string of the molecule is CCN(C[C@H]1CC[C@H](CCOC2CCCCO2)CC1)c1ncc(C(F)(F)F)cc1C=O. The summed E-state index contributed by atoms with van der Waals surface area (Å²) in [6.07, 6.45) is 5.44. The second-order valence-electron chi connectivity index (χ2n) is 8.63. The maximum atomic E-state index is 12.9. The Morgan fingerprint density at radius 1 is 1.19 bits per heavy atom. The highest BCUT2D eigenvalue weighted by Gasteiger charge is 2.32. The second-order valence-corrected chi connectivity index (χ2v) is 8.63. The summed E-state index contributed by atoms with van der Waals surface area (Å²) in [6.45, 7) is 4.76. The van der Waals surface area contributed by atoms with Crippen LogP contribution in [-0.4, -0.2) is 43.9 Å². The zero-order chi connectivity index (χ0) is 22.3. The predicted molar refractivity (Wildman–Crippen MR) is 112 cm³/mol. The molecule has 0 bridgehead atoms. The van der Waals surface area contributed by atoms with Gasteiger partial charge in [0.2, 0.25) is 0 Å². The van der Waals surface area contributed by atoms with Crippen LogP contribution >= 0.6 is 0 Å². The Morgan fingerprint density at radius 2 is 1.94 bits per heavy atom. The van der Waals surface area contributed by atoms with Crippen LogP contribution in [0.5, 0.6) is 0 Å². The molecule has 1 atom stereocenters. The lowest BCUT2D eigenvalue weighted by Gasteiger charge is -2.33. The number of aromatic nitrogens is 1. The van der Waals surface area contributed by atoms with E-state index in [4.69, 9.17) is 9.47 Å². The molecule has 2 heterocycles. The molecular formula is C23H33F3N2O3. The van der Waals surface area contributed by atoms with E-state index in [2.05, 4.69) is 4.98 Å². The first-order valence-corrected chi connectivity index (χ1v) is 11.4. The quantitative estimate of drug-likeness (QED) is 0.474. The van der Waals surface area contributed by atoms with Gasteiger partial charge in [0, 0.05) is 32.5 Å². The van der Waals surface area contributed by atoms with Gasteiger partial charge in [-0.05, 0) is 63.4 Å². The van der Waals surface area contributed by atoms with E-state index in [0.717, 1.165) is 70.4 Å². The first-order valence-electron chi connectivity index (χ1n) is 11.4. The third kappa shape index (κ3) is 6.91. The minimum atomic E-state index is -4.51. The average molecular weight is 443 g/mol. The first-order chi connectivity index (χ1) is 14.9. The topological polar surface area (TPSA) is 51.7 Å². The molecule has 0 spiro atoms. The lowest BCUT2D eigenvalue weighted by Crippen LogP contribution is -2.33. The molecule has 1 saturated carbocycles. The number of carbonyl (C=O) groups is 1. The number of aldehydes is 1. The van der Waals surface area contributed by atoms with Gasteiger partial charge in [-0.1, -0.05) is 12.8 Å². The number of anilines is 1. The molecule has 0 N–H and O–H groups in total. The molecule has 2 fully saturated rings. The van der Waals surface area contributed by atoms with E-state index >= 15 is 0 Å². The van der Waals surface area contributed by atoms with Gasteiger partial charge in [0.15, 0.2) is 12.6 Å². The van der Waals surface area contributed by atoms with Crippen molar-refractivity contribution in [2.24, 2.45) is 11.8 Å². The maximum Gasteiger partial charge on any atom is 0.417 e. The monoisotopic (exact) mass is 442 g/mol. The average Bonchev–Trinajstić information content (AvgIpc) is 2.78. The minimum absolute atomic E-state index is 0.00700. The third-order valence-electron chi connectivity index (χ3n) is 6.44. The molecule has 0 aromatic carbocycles. The number of hydrogen-bond acceptors (Lipinski definition) is 5. The van der Waals surface area contributed by atoms with E-state index in [1.54, 1.807) is 0 Å². The van der Waals surface area contributed by atoms with Gasteiger partial charge in [0.05, 0.1) is 11.1 Å². The molecule has 1 saturated heterocycles. The fraction of sp³-hybridized carbons (Fsp3) is 0.739. The minimum Gasteiger partial charge on any atom is -0.356 e. The summed E-state index contributed by atoms with van der Waals surface area (Å²) in [5.74, 6) is 1.43. The Balaban J connectivity index is 1.48. The van der Waals surface area contributed by atoms with Crippen molar-refractivity contribution < 1.29 is 27.4 Å². The van der Waals surface area contributed by atoms with E-state index in [9.17, 15) is 18.0 Å². The highest BCUT2D eigenvalue weighted by atomic mass is 19.4. The number of nitrogens with zero attached hydrogens (tertiary/aromatic N) is 2. The standard InChI is InChI=1S/C23H33F3N2O3/c1-2-28(22-19(16-29)13-20(14-27-22)23(24,25)26)15-18-8-6-17(7-9-18)10-12-31-21-5-3-4-11-30-21/h13-14,16-18,21H,2-12,15H2,1H3/t17-,18-,21?. The van der Waals surface area contributed by atoms with E-state index in [0.29, 0.717) is 37.0 Å². The van der Waals surface area contributed by atoms with Crippen molar-refractivity contribution in [2.45, 2.75) is 70.8 Å². The second kappa shape index (κ2) is 11.3. The zero-order valence-corrected chi connectivity index (χ0v) is 18.2. The van der Waals surface area contributed by atoms with Crippen LogP contribution in [0.2, 0.25) is 0 Å². The molecule has 1 aromatic rings. The highest BCUT2D eigenvalue weighted by Crippen LogP contribution is 2.34. The maximum absolute atomic E-state index is 12.9. The van der Waals surface area contributed by atoms with Crippen LogP contribution in [-0.2, 0) is 15.7 Å². The Morgan fingerprint density at radius 3 is 2.55 bits per heavy atom.